The van der Waals surface area contributed by atoms with Crippen LogP contribution in [0.25, 0.3) is 10.8 Å². The predicted octanol–water partition coefficient (Wildman–Crippen LogP) is -1.31. The fourth-order valence-corrected chi connectivity index (χ4v) is 1.90. The molecule has 0 fully saturated rings. The zero-order valence-corrected chi connectivity index (χ0v) is 12.6. The fraction of sp³-hybridized carbons (Fsp3) is 0.214. The van der Waals surface area contributed by atoms with E-state index in [2.05, 4.69) is 15.2 Å². The minimum atomic E-state index is -0.921. The van der Waals surface area contributed by atoms with E-state index in [-0.39, 0.29) is 10.8 Å². The molecule has 1 aromatic heterocycles. The van der Waals surface area contributed by atoms with Gasteiger partial charge in [-0.1, -0.05) is 12.1 Å². The van der Waals surface area contributed by atoms with E-state index in [0.717, 1.165) is 4.68 Å². The molecule has 3 amide bonds. The van der Waals surface area contributed by atoms with Gasteiger partial charge >= 0.3 is 12.0 Å². The van der Waals surface area contributed by atoms with Crippen molar-refractivity contribution in [2.75, 3.05) is 13.7 Å². The smallest absolute Gasteiger partial charge is 0.328 e. The van der Waals surface area contributed by atoms with Gasteiger partial charge < -0.3 is 10.1 Å². The molecule has 0 atom stereocenters. The number of nitrogens with zero attached hydrogens (tertiary/aromatic N) is 1. The molecule has 1 heterocycles. The number of aromatic amines is 1. The quantitative estimate of drug-likeness (QED) is 0.593. The number of rotatable bonds is 4. The van der Waals surface area contributed by atoms with E-state index >= 15 is 0 Å². The summed E-state index contributed by atoms with van der Waals surface area (Å²) in [6.45, 7) is -1.27. The molecule has 0 radical (unpaired) electrons. The van der Waals surface area contributed by atoms with Gasteiger partial charge in [0.1, 0.15) is 6.54 Å². The molecule has 0 aliphatic rings. The summed E-state index contributed by atoms with van der Waals surface area (Å²) in [5.74, 6) is -1.75. The Morgan fingerprint density at radius 3 is 2.50 bits per heavy atom. The highest BCUT2D eigenvalue weighted by Crippen LogP contribution is 2.02. The average molecular weight is 334 g/mol. The number of hydrogen-bond acceptors (Lipinski definition) is 6. The van der Waals surface area contributed by atoms with Crippen LogP contribution in [0.1, 0.15) is 0 Å². The van der Waals surface area contributed by atoms with Gasteiger partial charge in [0.25, 0.3) is 17.0 Å². The second-order valence-corrected chi connectivity index (χ2v) is 4.67. The van der Waals surface area contributed by atoms with Crippen molar-refractivity contribution in [2.45, 2.75) is 6.54 Å². The first-order chi connectivity index (χ1) is 11.4. The number of hydrogen-bond donors (Lipinski definition) is 3. The molecule has 0 saturated carbocycles. The molecule has 0 unspecified atom stereocenters. The number of esters is 1. The Hall–Kier alpha value is -3.43. The van der Waals surface area contributed by atoms with Crippen molar-refractivity contribution in [1.29, 1.82) is 0 Å². The Kier molecular flexibility index (Phi) is 5.09. The van der Waals surface area contributed by atoms with Gasteiger partial charge in [0, 0.05) is 7.05 Å². The third-order valence-electron chi connectivity index (χ3n) is 3.02. The van der Waals surface area contributed by atoms with E-state index in [9.17, 15) is 24.0 Å². The topological polar surface area (TPSA) is 139 Å². The summed E-state index contributed by atoms with van der Waals surface area (Å²) in [7, 11) is 1.32. The molecule has 10 nitrogen and oxygen atoms in total. The summed E-state index contributed by atoms with van der Waals surface area (Å²) in [6.07, 6.45) is 0. The van der Waals surface area contributed by atoms with E-state index in [4.69, 9.17) is 0 Å². The number of nitrogens with one attached hydrogen (secondary N) is 3. The second kappa shape index (κ2) is 7.22. The van der Waals surface area contributed by atoms with E-state index in [0.29, 0.717) is 0 Å². The molecule has 24 heavy (non-hydrogen) atoms. The molecule has 10 heteroatoms. The van der Waals surface area contributed by atoms with Crippen molar-refractivity contribution in [1.82, 2.24) is 20.4 Å². The number of benzene rings is 1. The molecule has 0 aliphatic heterocycles. The monoisotopic (exact) mass is 334 g/mol. The molecule has 0 aliphatic carbocycles. The first-order valence-corrected chi connectivity index (χ1v) is 6.81. The minimum Gasteiger partial charge on any atom is -0.454 e. The Morgan fingerprint density at radius 2 is 1.83 bits per heavy atom. The van der Waals surface area contributed by atoms with Crippen molar-refractivity contribution >= 4 is 28.7 Å². The van der Waals surface area contributed by atoms with E-state index in [1.54, 1.807) is 12.1 Å². The summed E-state index contributed by atoms with van der Waals surface area (Å²) in [5, 5.41) is 6.68. The standard InChI is InChI=1S/C14H14N4O6/c1-15-14(23)16-10(19)7-24-11(20)6-18-13(22)9-5-3-2-4-8(9)12(21)17-18/h2-5H,6-7H2,1H3,(H,17,21)(H2,15,16,19,23). The average Bonchev–Trinajstić information content (AvgIpc) is 2.57. The Labute approximate surface area is 134 Å². The van der Waals surface area contributed by atoms with Crippen LogP contribution in [0.3, 0.4) is 0 Å². The number of ether oxygens (including phenoxy) is 1. The number of carbonyl (C=O) groups excluding carboxylic acids is 3. The lowest BCUT2D eigenvalue weighted by atomic mass is 10.2. The zero-order valence-electron chi connectivity index (χ0n) is 12.6. The molecule has 0 saturated heterocycles. The zero-order chi connectivity index (χ0) is 17.7. The largest absolute Gasteiger partial charge is 0.454 e. The number of urea groups is 1. The molecule has 0 spiro atoms. The molecular weight excluding hydrogens is 320 g/mol. The third kappa shape index (κ3) is 3.85. The van der Waals surface area contributed by atoms with E-state index in [1.165, 1.54) is 19.2 Å². The third-order valence-corrected chi connectivity index (χ3v) is 3.02. The lowest BCUT2D eigenvalue weighted by Gasteiger charge is -2.08. The van der Waals surface area contributed by atoms with E-state index < -0.39 is 42.2 Å². The van der Waals surface area contributed by atoms with Crippen molar-refractivity contribution in [3.63, 3.8) is 0 Å². The lowest BCUT2D eigenvalue weighted by Crippen LogP contribution is -2.40. The Balaban J connectivity index is 2.07. The van der Waals surface area contributed by atoms with Crippen molar-refractivity contribution in [2.24, 2.45) is 0 Å². The molecule has 1 aromatic carbocycles. The molecule has 126 valence electrons. The maximum Gasteiger partial charge on any atom is 0.328 e. The first-order valence-electron chi connectivity index (χ1n) is 6.81. The Morgan fingerprint density at radius 1 is 1.17 bits per heavy atom. The summed E-state index contributed by atoms with van der Waals surface area (Å²) < 4.78 is 5.44. The molecule has 3 N–H and O–H groups in total. The molecule has 2 rings (SSSR count). The van der Waals surface area contributed by atoms with Gasteiger partial charge in [0.2, 0.25) is 0 Å². The Bertz CT molecular complexity index is 913. The van der Waals surface area contributed by atoms with E-state index in [1.807, 2.05) is 5.32 Å². The molecule has 2 aromatic rings. The van der Waals surface area contributed by atoms with Crippen molar-refractivity contribution in [3.05, 3.63) is 45.0 Å². The highest BCUT2D eigenvalue weighted by molar-refractivity contribution is 5.95. The number of fused-ring (bicyclic) bond motifs is 1. The highest BCUT2D eigenvalue weighted by Gasteiger charge is 2.13. The number of imide groups is 1. The fourth-order valence-electron chi connectivity index (χ4n) is 1.90. The van der Waals surface area contributed by atoms with Crippen LogP contribution in [0, 0.1) is 0 Å². The van der Waals surface area contributed by atoms with Gasteiger partial charge in [-0.2, -0.15) is 0 Å². The van der Waals surface area contributed by atoms with Crippen LogP contribution in [0.5, 0.6) is 0 Å². The van der Waals surface area contributed by atoms with Crippen LogP contribution in [-0.4, -0.2) is 41.3 Å². The highest BCUT2D eigenvalue weighted by atomic mass is 16.5. The lowest BCUT2D eigenvalue weighted by molar-refractivity contribution is -0.149. The van der Waals surface area contributed by atoms with Gasteiger partial charge in [0.15, 0.2) is 6.61 Å². The van der Waals surface area contributed by atoms with Gasteiger partial charge in [-0.15, -0.1) is 0 Å². The molecular formula is C14H14N4O6. The summed E-state index contributed by atoms with van der Waals surface area (Å²) in [4.78, 5) is 57.9. The summed E-state index contributed by atoms with van der Waals surface area (Å²) in [5.41, 5.74) is -1.10. The SMILES string of the molecule is CNC(=O)NC(=O)COC(=O)Cn1[nH]c(=O)c2ccccc2c1=O. The van der Waals surface area contributed by atoms with Crippen LogP contribution in [-0.2, 0) is 20.9 Å². The first kappa shape index (κ1) is 16.9. The van der Waals surface area contributed by atoms with Gasteiger partial charge in [-0.05, 0) is 12.1 Å². The molecule has 0 bridgehead atoms. The minimum absolute atomic E-state index is 0.159. The number of carbonyl (C=O) groups is 3. The van der Waals surface area contributed by atoms with Gasteiger partial charge in [-0.3, -0.25) is 29.6 Å². The second-order valence-electron chi connectivity index (χ2n) is 4.67. The summed E-state index contributed by atoms with van der Waals surface area (Å²) >= 11 is 0. The summed E-state index contributed by atoms with van der Waals surface area (Å²) in [6, 6.07) is 5.41. The van der Waals surface area contributed by atoms with Crippen LogP contribution in [0.15, 0.2) is 33.9 Å². The van der Waals surface area contributed by atoms with Crippen LogP contribution in [0.4, 0.5) is 4.79 Å². The van der Waals surface area contributed by atoms with Crippen LogP contribution < -0.4 is 21.8 Å². The van der Waals surface area contributed by atoms with Crippen molar-refractivity contribution in [3.8, 4) is 0 Å². The van der Waals surface area contributed by atoms with Crippen molar-refractivity contribution < 1.29 is 19.1 Å². The van der Waals surface area contributed by atoms with Gasteiger partial charge in [0.05, 0.1) is 10.8 Å². The number of aromatic nitrogens is 2. The predicted molar refractivity (Wildman–Crippen MR) is 82.4 cm³/mol. The maximum atomic E-state index is 12.2. The maximum absolute atomic E-state index is 12.2. The number of H-pyrrole nitrogens is 1. The van der Waals surface area contributed by atoms with Gasteiger partial charge in [-0.25, -0.2) is 9.48 Å². The normalized spacial score (nSPS) is 10.2. The van der Waals surface area contributed by atoms with Crippen LogP contribution in [0.2, 0.25) is 0 Å². The number of amides is 3. The van der Waals surface area contributed by atoms with Crippen LogP contribution >= 0.6 is 0 Å².